The summed E-state index contributed by atoms with van der Waals surface area (Å²) in [6.07, 6.45) is 4.63. The number of anilines is 1. The van der Waals surface area contributed by atoms with Crippen molar-refractivity contribution < 1.29 is 4.74 Å². The van der Waals surface area contributed by atoms with Gasteiger partial charge in [0.25, 0.3) is 0 Å². The Balaban J connectivity index is 1.66. The van der Waals surface area contributed by atoms with E-state index in [4.69, 9.17) is 15.5 Å². The van der Waals surface area contributed by atoms with Crippen molar-refractivity contribution in [3.8, 4) is 5.75 Å². The zero-order valence-electron chi connectivity index (χ0n) is 15.2. The van der Waals surface area contributed by atoms with Crippen LogP contribution in [-0.2, 0) is 6.54 Å². The first-order valence-corrected chi connectivity index (χ1v) is 9.35. The van der Waals surface area contributed by atoms with E-state index in [1.54, 1.807) is 7.11 Å². The highest BCUT2D eigenvalue weighted by molar-refractivity contribution is 5.78. The number of nitrogens with zero attached hydrogens (tertiary/aromatic N) is 2. The van der Waals surface area contributed by atoms with Gasteiger partial charge in [-0.25, -0.2) is 4.98 Å². The van der Waals surface area contributed by atoms with Gasteiger partial charge in [-0.2, -0.15) is 0 Å². The number of rotatable bonds is 5. The van der Waals surface area contributed by atoms with Crippen LogP contribution in [0.3, 0.4) is 0 Å². The fourth-order valence-electron chi connectivity index (χ4n) is 3.76. The summed E-state index contributed by atoms with van der Waals surface area (Å²) in [5.41, 5.74) is 9.70. The van der Waals surface area contributed by atoms with Crippen LogP contribution in [-0.4, -0.2) is 28.7 Å². The van der Waals surface area contributed by atoms with Gasteiger partial charge in [0.1, 0.15) is 5.75 Å². The molecule has 1 heterocycles. The molecule has 4 rings (SSSR count). The quantitative estimate of drug-likeness (QED) is 0.735. The van der Waals surface area contributed by atoms with Crippen molar-refractivity contribution in [2.45, 2.75) is 44.3 Å². The maximum absolute atomic E-state index is 6.34. The monoisotopic (exact) mass is 350 g/mol. The zero-order valence-corrected chi connectivity index (χ0v) is 15.2. The van der Waals surface area contributed by atoms with Crippen LogP contribution in [0, 0.1) is 0 Å². The SMILES string of the molecule is COc1ccc(Cn2c(N[C@@H]3CCCC[C@H]3N)nc3ccccc32)cc1. The Morgan fingerprint density at radius 2 is 1.88 bits per heavy atom. The summed E-state index contributed by atoms with van der Waals surface area (Å²) < 4.78 is 7.51. The topological polar surface area (TPSA) is 65.1 Å². The number of imidazole rings is 1. The van der Waals surface area contributed by atoms with Gasteiger partial charge in [-0.15, -0.1) is 0 Å². The van der Waals surface area contributed by atoms with Crippen LogP contribution in [0.15, 0.2) is 48.5 Å². The first kappa shape index (κ1) is 16.9. The molecule has 5 heteroatoms. The van der Waals surface area contributed by atoms with E-state index < -0.39 is 0 Å². The normalized spacial score (nSPS) is 20.2. The van der Waals surface area contributed by atoms with Crippen LogP contribution >= 0.6 is 0 Å². The minimum atomic E-state index is 0.193. The second-order valence-corrected chi connectivity index (χ2v) is 7.06. The highest BCUT2D eigenvalue weighted by Gasteiger charge is 2.23. The second kappa shape index (κ2) is 7.38. The Morgan fingerprint density at radius 3 is 2.65 bits per heavy atom. The van der Waals surface area contributed by atoms with Crippen LogP contribution in [0.4, 0.5) is 5.95 Å². The van der Waals surface area contributed by atoms with Gasteiger partial charge in [-0.3, -0.25) is 0 Å². The number of para-hydroxylation sites is 2. The van der Waals surface area contributed by atoms with Crippen molar-refractivity contribution in [1.29, 1.82) is 0 Å². The molecule has 0 amide bonds. The van der Waals surface area contributed by atoms with Crippen LogP contribution < -0.4 is 15.8 Å². The Morgan fingerprint density at radius 1 is 1.12 bits per heavy atom. The lowest BCUT2D eigenvalue weighted by Crippen LogP contribution is -2.43. The summed E-state index contributed by atoms with van der Waals surface area (Å²) in [6.45, 7) is 0.759. The molecule has 1 fully saturated rings. The van der Waals surface area contributed by atoms with E-state index in [9.17, 15) is 0 Å². The van der Waals surface area contributed by atoms with E-state index in [2.05, 4.69) is 40.2 Å². The minimum Gasteiger partial charge on any atom is -0.497 e. The van der Waals surface area contributed by atoms with Gasteiger partial charge in [-0.1, -0.05) is 37.1 Å². The summed E-state index contributed by atoms with van der Waals surface area (Å²) in [5.74, 6) is 1.78. The van der Waals surface area contributed by atoms with Crippen molar-refractivity contribution in [2.24, 2.45) is 5.73 Å². The van der Waals surface area contributed by atoms with E-state index in [1.165, 1.54) is 18.4 Å². The van der Waals surface area contributed by atoms with Crippen molar-refractivity contribution in [3.63, 3.8) is 0 Å². The molecule has 26 heavy (non-hydrogen) atoms. The fourth-order valence-corrected chi connectivity index (χ4v) is 3.76. The molecule has 0 bridgehead atoms. The van der Waals surface area contributed by atoms with Crippen LogP contribution in [0.1, 0.15) is 31.2 Å². The summed E-state index contributed by atoms with van der Waals surface area (Å²) >= 11 is 0. The Labute approximate surface area is 154 Å². The predicted octanol–water partition coefficient (Wildman–Crippen LogP) is 3.78. The highest BCUT2D eigenvalue weighted by atomic mass is 16.5. The van der Waals surface area contributed by atoms with Crippen molar-refractivity contribution >= 4 is 17.0 Å². The van der Waals surface area contributed by atoms with Gasteiger partial charge in [0.05, 0.1) is 24.7 Å². The molecular formula is C21H26N4O. The van der Waals surface area contributed by atoms with E-state index in [0.717, 1.165) is 42.1 Å². The average molecular weight is 350 g/mol. The molecule has 1 aromatic heterocycles. The maximum atomic E-state index is 6.34. The number of nitrogens with one attached hydrogen (secondary N) is 1. The lowest BCUT2D eigenvalue weighted by Gasteiger charge is -2.29. The number of methoxy groups -OCH3 is 1. The Bertz CT molecular complexity index is 871. The molecule has 1 aliphatic rings. The lowest BCUT2D eigenvalue weighted by molar-refractivity contribution is 0.401. The molecule has 1 saturated carbocycles. The van der Waals surface area contributed by atoms with E-state index >= 15 is 0 Å². The van der Waals surface area contributed by atoms with Crippen LogP contribution in [0.5, 0.6) is 5.75 Å². The van der Waals surface area contributed by atoms with Crippen LogP contribution in [0.2, 0.25) is 0 Å². The number of fused-ring (bicyclic) bond motifs is 1. The van der Waals surface area contributed by atoms with Gasteiger partial charge in [0.15, 0.2) is 0 Å². The summed E-state index contributed by atoms with van der Waals surface area (Å²) in [5, 5.41) is 3.63. The van der Waals surface area contributed by atoms with Gasteiger partial charge in [0, 0.05) is 12.1 Å². The van der Waals surface area contributed by atoms with E-state index in [1.807, 2.05) is 18.2 Å². The molecule has 136 valence electrons. The molecule has 0 unspecified atom stereocenters. The molecule has 5 nitrogen and oxygen atoms in total. The molecule has 2 atom stereocenters. The molecular weight excluding hydrogens is 324 g/mol. The third-order valence-corrected chi connectivity index (χ3v) is 5.29. The van der Waals surface area contributed by atoms with E-state index in [-0.39, 0.29) is 12.1 Å². The zero-order chi connectivity index (χ0) is 17.9. The van der Waals surface area contributed by atoms with Gasteiger partial charge >= 0.3 is 0 Å². The molecule has 0 spiro atoms. The number of aromatic nitrogens is 2. The number of benzene rings is 2. The molecule has 3 aromatic rings. The first-order valence-electron chi connectivity index (χ1n) is 9.35. The minimum absolute atomic E-state index is 0.193. The van der Waals surface area contributed by atoms with Crippen LogP contribution in [0.25, 0.3) is 11.0 Å². The fraction of sp³-hybridized carbons (Fsp3) is 0.381. The summed E-state index contributed by atoms with van der Waals surface area (Å²) in [6, 6.07) is 17.0. The number of ether oxygens (including phenoxy) is 1. The molecule has 1 aliphatic carbocycles. The van der Waals surface area contributed by atoms with E-state index in [0.29, 0.717) is 0 Å². The van der Waals surface area contributed by atoms with Gasteiger partial charge in [0.2, 0.25) is 5.95 Å². The third kappa shape index (κ3) is 3.40. The second-order valence-electron chi connectivity index (χ2n) is 7.06. The lowest BCUT2D eigenvalue weighted by atomic mass is 9.91. The standard InChI is InChI=1S/C21H26N4O/c1-26-16-12-10-15(11-13-16)14-25-20-9-5-4-8-19(20)24-21(25)23-18-7-3-2-6-17(18)22/h4-5,8-13,17-18H,2-3,6-7,14,22H2,1H3,(H,23,24)/t17-,18-/m1/s1. The first-order chi connectivity index (χ1) is 12.7. The third-order valence-electron chi connectivity index (χ3n) is 5.29. The van der Waals surface area contributed by atoms with Crippen molar-refractivity contribution in [3.05, 3.63) is 54.1 Å². The van der Waals surface area contributed by atoms with Crippen molar-refractivity contribution in [2.75, 3.05) is 12.4 Å². The smallest absolute Gasteiger partial charge is 0.204 e. The predicted molar refractivity (Wildman–Crippen MR) is 106 cm³/mol. The van der Waals surface area contributed by atoms with Gasteiger partial charge < -0.3 is 20.4 Å². The molecule has 3 N–H and O–H groups in total. The van der Waals surface area contributed by atoms with Crippen molar-refractivity contribution in [1.82, 2.24) is 9.55 Å². The maximum Gasteiger partial charge on any atom is 0.204 e. The number of nitrogens with two attached hydrogens (primary N) is 1. The largest absolute Gasteiger partial charge is 0.497 e. The number of hydrogen-bond donors (Lipinski definition) is 2. The molecule has 0 aliphatic heterocycles. The Kier molecular flexibility index (Phi) is 4.80. The highest BCUT2D eigenvalue weighted by Crippen LogP contribution is 2.25. The molecule has 0 radical (unpaired) electrons. The molecule has 0 saturated heterocycles. The summed E-state index contributed by atoms with van der Waals surface area (Å²) in [4.78, 5) is 4.84. The number of hydrogen-bond acceptors (Lipinski definition) is 4. The van der Waals surface area contributed by atoms with Gasteiger partial charge in [-0.05, 0) is 42.7 Å². The average Bonchev–Trinajstić information content (AvgIpc) is 3.01. The summed E-state index contributed by atoms with van der Waals surface area (Å²) in [7, 11) is 1.69. The molecule has 2 aromatic carbocycles. The Hall–Kier alpha value is -2.53.